The van der Waals surface area contributed by atoms with Crippen molar-refractivity contribution in [3.8, 4) is 0 Å². The minimum atomic E-state index is -0.318. The molecule has 2 aromatic heterocycles. The Hall–Kier alpha value is -2.48. The number of H-pyrrole nitrogens is 1. The van der Waals surface area contributed by atoms with E-state index in [2.05, 4.69) is 20.3 Å². The van der Waals surface area contributed by atoms with Gasteiger partial charge >= 0.3 is 0 Å². The van der Waals surface area contributed by atoms with Crippen molar-refractivity contribution in [3.63, 3.8) is 0 Å². The van der Waals surface area contributed by atoms with Gasteiger partial charge in [-0.25, -0.2) is 4.99 Å². The molecule has 3 rings (SSSR count). The molecule has 1 atom stereocenters. The van der Waals surface area contributed by atoms with Gasteiger partial charge in [0.15, 0.2) is 5.82 Å². The Balaban J connectivity index is 1.73. The average molecular weight is 303 g/mol. The van der Waals surface area contributed by atoms with Gasteiger partial charge in [0.2, 0.25) is 5.95 Å². The monoisotopic (exact) mass is 303 g/mol. The van der Waals surface area contributed by atoms with Gasteiger partial charge in [0.05, 0.1) is 10.4 Å². The first kappa shape index (κ1) is 13.5. The molecule has 0 bridgehead atoms. The van der Waals surface area contributed by atoms with Gasteiger partial charge < -0.3 is 11.1 Å². The summed E-state index contributed by atoms with van der Waals surface area (Å²) < 4.78 is 0. The zero-order valence-corrected chi connectivity index (χ0v) is 12.0. The summed E-state index contributed by atoms with van der Waals surface area (Å²) in [6.45, 7) is 2.23. The van der Waals surface area contributed by atoms with Crippen LogP contribution < -0.4 is 16.6 Å². The standard InChI is InChI=1S/C13H13N5O2S/c1-6-2-3-8(21-6)11(19)16-5-7-4-15-10-9(7)12(20)18-13(14)17-10/h2-4,7H,5H2,1H3,(H,16,19)(H3,14,17,18,20). The SMILES string of the molecule is Cc1ccc(C(=O)NCC2C=Nc3nc(N)[nH]c(=O)c32)s1. The number of aromatic amines is 1. The van der Waals surface area contributed by atoms with Gasteiger partial charge in [-0.1, -0.05) is 0 Å². The minimum Gasteiger partial charge on any atom is -0.369 e. The summed E-state index contributed by atoms with van der Waals surface area (Å²) in [5, 5.41) is 2.81. The zero-order chi connectivity index (χ0) is 15.0. The fraction of sp³-hybridized carbons (Fsp3) is 0.231. The molecule has 0 aliphatic carbocycles. The highest BCUT2D eigenvalue weighted by molar-refractivity contribution is 7.13. The van der Waals surface area contributed by atoms with Crippen LogP contribution >= 0.6 is 11.3 Å². The lowest BCUT2D eigenvalue weighted by atomic mass is 10.0. The quantitative estimate of drug-likeness (QED) is 0.783. The van der Waals surface area contributed by atoms with Crippen molar-refractivity contribution < 1.29 is 4.79 Å². The van der Waals surface area contributed by atoms with Gasteiger partial charge in [-0.05, 0) is 19.1 Å². The first-order valence-electron chi connectivity index (χ1n) is 6.33. The molecule has 3 heterocycles. The van der Waals surface area contributed by atoms with E-state index in [0.717, 1.165) is 4.88 Å². The lowest BCUT2D eigenvalue weighted by Crippen LogP contribution is -2.30. The fourth-order valence-electron chi connectivity index (χ4n) is 2.16. The molecule has 7 nitrogen and oxygen atoms in total. The first-order chi connectivity index (χ1) is 10.0. The predicted octanol–water partition coefficient (Wildman–Crippen LogP) is 0.952. The highest BCUT2D eigenvalue weighted by Crippen LogP contribution is 2.26. The number of thiophene rings is 1. The Morgan fingerprint density at radius 2 is 2.33 bits per heavy atom. The molecule has 1 aliphatic heterocycles. The molecule has 0 aromatic carbocycles. The van der Waals surface area contributed by atoms with Crippen LogP contribution in [0.1, 0.15) is 26.0 Å². The third-order valence-corrected chi connectivity index (χ3v) is 4.15. The Labute approximate surface area is 123 Å². The molecule has 1 amide bonds. The number of aryl methyl sites for hydroxylation is 1. The molecule has 8 heteroatoms. The molecule has 1 unspecified atom stereocenters. The molecule has 0 radical (unpaired) electrons. The van der Waals surface area contributed by atoms with Crippen molar-refractivity contribution in [1.29, 1.82) is 0 Å². The van der Waals surface area contributed by atoms with Crippen LogP contribution in [0.25, 0.3) is 0 Å². The Bertz CT molecular complexity index is 792. The van der Waals surface area contributed by atoms with Gasteiger partial charge in [0.1, 0.15) is 0 Å². The maximum Gasteiger partial charge on any atom is 0.261 e. The molecule has 4 N–H and O–H groups in total. The van der Waals surface area contributed by atoms with Gasteiger partial charge in [-0.2, -0.15) is 4.98 Å². The second-order valence-electron chi connectivity index (χ2n) is 4.69. The highest BCUT2D eigenvalue weighted by Gasteiger charge is 2.25. The normalized spacial score (nSPS) is 16.0. The van der Waals surface area contributed by atoms with Gasteiger partial charge in [0, 0.05) is 23.6 Å². The van der Waals surface area contributed by atoms with Crippen LogP contribution in [0.2, 0.25) is 0 Å². The summed E-state index contributed by atoms with van der Waals surface area (Å²) in [7, 11) is 0. The number of anilines is 1. The van der Waals surface area contributed by atoms with Crippen molar-refractivity contribution >= 4 is 35.2 Å². The second kappa shape index (κ2) is 5.13. The maximum atomic E-state index is 12.0. The molecule has 0 fully saturated rings. The topological polar surface area (TPSA) is 113 Å². The van der Waals surface area contributed by atoms with Crippen molar-refractivity contribution in [2.45, 2.75) is 12.8 Å². The van der Waals surface area contributed by atoms with E-state index in [1.807, 2.05) is 13.0 Å². The van der Waals surface area contributed by atoms with Gasteiger partial charge in [0.25, 0.3) is 11.5 Å². The number of aromatic nitrogens is 2. The van der Waals surface area contributed by atoms with E-state index in [0.29, 0.717) is 22.8 Å². The molecule has 108 valence electrons. The Morgan fingerprint density at radius 1 is 1.52 bits per heavy atom. The highest BCUT2D eigenvalue weighted by atomic mass is 32.1. The lowest BCUT2D eigenvalue weighted by Gasteiger charge is -2.09. The number of carbonyl (C=O) groups is 1. The van der Waals surface area contributed by atoms with Crippen LogP contribution in [0, 0.1) is 6.92 Å². The van der Waals surface area contributed by atoms with E-state index in [4.69, 9.17) is 5.73 Å². The smallest absolute Gasteiger partial charge is 0.261 e. The summed E-state index contributed by atoms with van der Waals surface area (Å²) in [4.78, 5) is 36.1. The van der Waals surface area contributed by atoms with Gasteiger partial charge in [-0.15, -0.1) is 11.3 Å². The number of rotatable bonds is 3. The fourth-order valence-corrected chi connectivity index (χ4v) is 2.94. The molecular formula is C13H13N5O2S. The number of amides is 1. The second-order valence-corrected chi connectivity index (χ2v) is 5.98. The third kappa shape index (κ3) is 2.57. The zero-order valence-electron chi connectivity index (χ0n) is 11.2. The Kier molecular flexibility index (Phi) is 3.30. The molecule has 0 spiro atoms. The van der Waals surface area contributed by atoms with Crippen molar-refractivity contribution in [2.75, 3.05) is 12.3 Å². The van der Waals surface area contributed by atoms with Gasteiger partial charge in [-0.3, -0.25) is 14.6 Å². The largest absolute Gasteiger partial charge is 0.369 e. The first-order valence-corrected chi connectivity index (χ1v) is 7.15. The van der Waals surface area contributed by atoms with Crippen molar-refractivity contribution in [3.05, 3.63) is 37.8 Å². The average Bonchev–Trinajstić information content (AvgIpc) is 3.02. The number of nitrogen functional groups attached to an aromatic ring is 1. The lowest BCUT2D eigenvalue weighted by molar-refractivity contribution is 0.0957. The number of carbonyl (C=O) groups excluding carboxylic acids is 1. The van der Waals surface area contributed by atoms with E-state index < -0.39 is 0 Å². The summed E-state index contributed by atoms with van der Waals surface area (Å²) >= 11 is 1.43. The summed E-state index contributed by atoms with van der Waals surface area (Å²) in [6, 6.07) is 3.67. The van der Waals surface area contributed by atoms with E-state index in [1.54, 1.807) is 12.3 Å². The summed E-state index contributed by atoms with van der Waals surface area (Å²) in [6.07, 6.45) is 1.60. The number of nitrogens with one attached hydrogen (secondary N) is 2. The molecule has 0 saturated heterocycles. The molecule has 2 aromatic rings. The number of hydrogen-bond acceptors (Lipinski definition) is 6. The van der Waals surface area contributed by atoms with E-state index in [9.17, 15) is 9.59 Å². The Morgan fingerprint density at radius 3 is 3.05 bits per heavy atom. The van der Waals surface area contributed by atoms with Crippen LogP contribution in [-0.4, -0.2) is 28.6 Å². The summed E-state index contributed by atoms with van der Waals surface area (Å²) in [5.74, 6) is -0.0891. The van der Waals surface area contributed by atoms with Crippen molar-refractivity contribution in [1.82, 2.24) is 15.3 Å². The molecular weight excluding hydrogens is 290 g/mol. The number of fused-ring (bicyclic) bond motifs is 1. The van der Waals surface area contributed by atoms with Crippen LogP contribution in [0.15, 0.2) is 21.9 Å². The number of nitrogens with two attached hydrogens (primary N) is 1. The molecule has 1 aliphatic rings. The minimum absolute atomic E-state index is 0.0367. The van der Waals surface area contributed by atoms with E-state index in [1.165, 1.54) is 11.3 Å². The number of aliphatic imine (C=N–C) groups is 1. The van der Waals surface area contributed by atoms with Crippen molar-refractivity contribution in [2.24, 2.45) is 4.99 Å². The molecule has 0 saturated carbocycles. The summed E-state index contributed by atoms with van der Waals surface area (Å²) in [5.41, 5.74) is 5.59. The number of hydrogen-bond donors (Lipinski definition) is 3. The van der Waals surface area contributed by atoms with Crippen LogP contribution in [0.5, 0.6) is 0 Å². The van der Waals surface area contributed by atoms with Crippen LogP contribution in [-0.2, 0) is 0 Å². The third-order valence-electron chi connectivity index (χ3n) is 3.15. The van der Waals surface area contributed by atoms with E-state index in [-0.39, 0.29) is 23.3 Å². The van der Waals surface area contributed by atoms with Crippen LogP contribution in [0.3, 0.4) is 0 Å². The number of nitrogens with zero attached hydrogens (tertiary/aromatic N) is 2. The predicted molar refractivity (Wildman–Crippen MR) is 81.6 cm³/mol. The van der Waals surface area contributed by atoms with Crippen LogP contribution in [0.4, 0.5) is 11.8 Å². The maximum absolute atomic E-state index is 12.0. The van der Waals surface area contributed by atoms with E-state index >= 15 is 0 Å². The molecule has 21 heavy (non-hydrogen) atoms.